The first-order valence-electron chi connectivity index (χ1n) is 8.25. The number of thioether (sulfide) groups is 1. The number of benzene rings is 2. The maximum absolute atomic E-state index is 12.7. The molecule has 0 spiro atoms. The van der Waals surface area contributed by atoms with Gasteiger partial charge in [0.25, 0.3) is 0 Å². The SMILES string of the molecule is COc1ccc(CN(C)C(=O)[C@@H](C)Sc2ccc(OC)c(OC)c2)cc1. The summed E-state index contributed by atoms with van der Waals surface area (Å²) in [6.45, 7) is 2.47. The number of methoxy groups -OCH3 is 3. The smallest absolute Gasteiger partial charge is 0.235 e. The van der Waals surface area contributed by atoms with Crippen molar-refractivity contribution >= 4 is 17.7 Å². The molecular weight excluding hydrogens is 350 g/mol. The molecule has 2 aromatic rings. The van der Waals surface area contributed by atoms with Gasteiger partial charge in [-0.15, -0.1) is 11.8 Å². The molecule has 2 rings (SSSR count). The standard InChI is InChI=1S/C20H25NO4S/c1-14(26-17-10-11-18(24-4)19(12-17)25-5)20(22)21(2)13-15-6-8-16(23-3)9-7-15/h6-12,14H,13H2,1-5H3/t14-/m1/s1. The Morgan fingerprint density at radius 3 is 2.23 bits per heavy atom. The van der Waals surface area contributed by atoms with Gasteiger partial charge >= 0.3 is 0 Å². The highest BCUT2D eigenvalue weighted by molar-refractivity contribution is 8.00. The van der Waals surface area contributed by atoms with Crippen LogP contribution in [-0.4, -0.2) is 44.4 Å². The lowest BCUT2D eigenvalue weighted by Crippen LogP contribution is -2.32. The zero-order valence-corrected chi connectivity index (χ0v) is 16.6. The van der Waals surface area contributed by atoms with E-state index in [9.17, 15) is 4.79 Å². The van der Waals surface area contributed by atoms with Crippen LogP contribution in [0.2, 0.25) is 0 Å². The van der Waals surface area contributed by atoms with E-state index >= 15 is 0 Å². The number of carbonyl (C=O) groups is 1. The van der Waals surface area contributed by atoms with Crippen LogP contribution >= 0.6 is 11.8 Å². The highest BCUT2D eigenvalue weighted by Crippen LogP contribution is 2.33. The molecule has 1 atom stereocenters. The number of rotatable bonds is 8. The number of hydrogen-bond acceptors (Lipinski definition) is 5. The zero-order chi connectivity index (χ0) is 19.1. The van der Waals surface area contributed by atoms with Gasteiger partial charge in [-0.05, 0) is 42.8 Å². The molecule has 0 aliphatic rings. The average molecular weight is 375 g/mol. The molecule has 0 aromatic heterocycles. The first-order valence-corrected chi connectivity index (χ1v) is 9.13. The van der Waals surface area contributed by atoms with Gasteiger partial charge in [-0.2, -0.15) is 0 Å². The molecule has 1 amide bonds. The monoisotopic (exact) mass is 375 g/mol. The fourth-order valence-corrected chi connectivity index (χ4v) is 3.55. The van der Waals surface area contributed by atoms with Gasteiger partial charge in [-0.3, -0.25) is 4.79 Å². The molecule has 0 heterocycles. The molecule has 6 heteroatoms. The molecule has 2 aromatic carbocycles. The van der Waals surface area contributed by atoms with Crippen molar-refractivity contribution in [3.8, 4) is 17.2 Å². The molecule has 0 radical (unpaired) electrons. The van der Waals surface area contributed by atoms with Crippen LogP contribution in [-0.2, 0) is 11.3 Å². The summed E-state index contributed by atoms with van der Waals surface area (Å²) in [6, 6.07) is 13.4. The second kappa shape index (κ2) is 9.38. The van der Waals surface area contributed by atoms with Crippen LogP contribution in [0.3, 0.4) is 0 Å². The number of ether oxygens (including phenoxy) is 3. The predicted molar refractivity (Wildman–Crippen MR) is 104 cm³/mol. The lowest BCUT2D eigenvalue weighted by Gasteiger charge is -2.21. The van der Waals surface area contributed by atoms with Gasteiger partial charge in [-0.1, -0.05) is 12.1 Å². The summed E-state index contributed by atoms with van der Waals surface area (Å²) in [5, 5.41) is -0.212. The molecule has 26 heavy (non-hydrogen) atoms. The van der Waals surface area contributed by atoms with Crippen LogP contribution in [0.5, 0.6) is 17.2 Å². The summed E-state index contributed by atoms with van der Waals surface area (Å²) in [7, 11) is 6.66. The Labute approximate surface area is 159 Å². The molecule has 0 N–H and O–H groups in total. The number of hydrogen-bond donors (Lipinski definition) is 0. The summed E-state index contributed by atoms with van der Waals surface area (Å²) in [4.78, 5) is 15.4. The van der Waals surface area contributed by atoms with E-state index in [-0.39, 0.29) is 11.2 Å². The molecule has 0 saturated heterocycles. The van der Waals surface area contributed by atoms with E-state index in [1.165, 1.54) is 11.8 Å². The van der Waals surface area contributed by atoms with Crippen molar-refractivity contribution in [2.75, 3.05) is 28.4 Å². The van der Waals surface area contributed by atoms with E-state index in [2.05, 4.69) is 0 Å². The Hall–Kier alpha value is -2.34. The lowest BCUT2D eigenvalue weighted by atomic mass is 10.2. The fraction of sp³-hybridized carbons (Fsp3) is 0.350. The van der Waals surface area contributed by atoms with Crippen LogP contribution < -0.4 is 14.2 Å². The van der Waals surface area contributed by atoms with Gasteiger partial charge in [-0.25, -0.2) is 0 Å². The third-order valence-electron chi connectivity index (χ3n) is 3.97. The molecular formula is C20H25NO4S. The van der Waals surface area contributed by atoms with Crippen LogP contribution in [0, 0.1) is 0 Å². The Balaban J connectivity index is 1.99. The van der Waals surface area contributed by atoms with Crippen LogP contribution in [0.4, 0.5) is 0 Å². The van der Waals surface area contributed by atoms with E-state index in [4.69, 9.17) is 14.2 Å². The van der Waals surface area contributed by atoms with E-state index < -0.39 is 0 Å². The van der Waals surface area contributed by atoms with Gasteiger partial charge in [0.2, 0.25) is 5.91 Å². The summed E-state index contributed by atoms with van der Waals surface area (Å²) in [6.07, 6.45) is 0. The molecule has 0 bridgehead atoms. The van der Waals surface area contributed by atoms with Gasteiger partial charge in [0.1, 0.15) is 5.75 Å². The topological polar surface area (TPSA) is 48.0 Å². The third kappa shape index (κ3) is 5.08. The lowest BCUT2D eigenvalue weighted by molar-refractivity contribution is -0.129. The summed E-state index contributed by atoms with van der Waals surface area (Å²) < 4.78 is 15.7. The van der Waals surface area contributed by atoms with Crippen molar-refractivity contribution in [3.63, 3.8) is 0 Å². The number of nitrogens with zero attached hydrogens (tertiary/aromatic N) is 1. The van der Waals surface area contributed by atoms with Crippen LogP contribution in [0.15, 0.2) is 47.4 Å². The highest BCUT2D eigenvalue weighted by atomic mass is 32.2. The summed E-state index contributed by atoms with van der Waals surface area (Å²) in [5.74, 6) is 2.21. The van der Waals surface area contributed by atoms with Crippen LogP contribution in [0.25, 0.3) is 0 Å². The molecule has 0 aliphatic heterocycles. The summed E-state index contributed by atoms with van der Waals surface area (Å²) in [5.41, 5.74) is 1.06. The van der Waals surface area contributed by atoms with Crippen molar-refractivity contribution in [1.29, 1.82) is 0 Å². The molecule has 0 aliphatic carbocycles. The van der Waals surface area contributed by atoms with Crippen molar-refractivity contribution in [1.82, 2.24) is 4.90 Å². The normalized spacial score (nSPS) is 11.6. The van der Waals surface area contributed by atoms with Gasteiger partial charge < -0.3 is 19.1 Å². The predicted octanol–water partition coefficient (Wildman–Crippen LogP) is 3.85. The van der Waals surface area contributed by atoms with E-state index in [1.807, 2.05) is 56.4 Å². The van der Waals surface area contributed by atoms with E-state index in [0.29, 0.717) is 18.0 Å². The Bertz CT molecular complexity index is 733. The molecule has 0 fully saturated rings. The largest absolute Gasteiger partial charge is 0.497 e. The Morgan fingerprint density at radius 2 is 1.65 bits per heavy atom. The molecule has 0 unspecified atom stereocenters. The second-order valence-electron chi connectivity index (χ2n) is 5.82. The van der Waals surface area contributed by atoms with Gasteiger partial charge in [0.15, 0.2) is 11.5 Å². The minimum absolute atomic E-state index is 0.0700. The Morgan fingerprint density at radius 1 is 1.00 bits per heavy atom. The Kier molecular flexibility index (Phi) is 7.21. The van der Waals surface area contributed by atoms with E-state index in [0.717, 1.165) is 16.2 Å². The highest BCUT2D eigenvalue weighted by Gasteiger charge is 2.19. The zero-order valence-electron chi connectivity index (χ0n) is 15.8. The molecule has 0 saturated carbocycles. The summed E-state index contributed by atoms with van der Waals surface area (Å²) >= 11 is 1.50. The maximum Gasteiger partial charge on any atom is 0.235 e. The third-order valence-corrected chi connectivity index (χ3v) is 5.05. The van der Waals surface area contributed by atoms with Crippen molar-refractivity contribution < 1.29 is 19.0 Å². The fourth-order valence-electron chi connectivity index (χ4n) is 2.54. The minimum Gasteiger partial charge on any atom is -0.497 e. The number of carbonyl (C=O) groups excluding carboxylic acids is 1. The number of amides is 1. The minimum atomic E-state index is -0.212. The maximum atomic E-state index is 12.7. The van der Waals surface area contributed by atoms with Crippen molar-refractivity contribution in [2.24, 2.45) is 0 Å². The first-order chi connectivity index (χ1) is 12.5. The second-order valence-corrected chi connectivity index (χ2v) is 7.23. The molecule has 140 valence electrons. The molecule has 5 nitrogen and oxygen atoms in total. The van der Waals surface area contributed by atoms with Gasteiger partial charge in [0, 0.05) is 18.5 Å². The first kappa shape index (κ1) is 20.0. The van der Waals surface area contributed by atoms with Crippen LogP contribution in [0.1, 0.15) is 12.5 Å². The average Bonchev–Trinajstić information content (AvgIpc) is 2.67. The van der Waals surface area contributed by atoms with Gasteiger partial charge in [0.05, 0.1) is 26.6 Å². The van der Waals surface area contributed by atoms with Crippen molar-refractivity contribution in [2.45, 2.75) is 23.6 Å². The quantitative estimate of drug-likeness (QED) is 0.656. The van der Waals surface area contributed by atoms with Crippen molar-refractivity contribution in [3.05, 3.63) is 48.0 Å². The van der Waals surface area contributed by atoms with E-state index in [1.54, 1.807) is 26.2 Å².